The van der Waals surface area contributed by atoms with Crippen molar-refractivity contribution in [1.29, 1.82) is 0 Å². The van der Waals surface area contributed by atoms with Gasteiger partial charge in [0.25, 0.3) is 0 Å². The van der Waals surface area contributed by atoms with Crippen molar-refractivity contribution in [1.82, 2.24) is 14.8 Å². The molecular weight excluding hydrogens is 433 g/mol. The number of ether oxygens (including phenoxy) is 1. The third-order valence-electron chi connectivity index (χ3n) is 4.24. The van der Waals surface area contributed by atoms with Gasteiger partial charge in [-0.05, 0) is 36.4 Å². The molecule has 2 amide bonds. The lowest BCUT2D eigenvalue weighted by Gasteiger charge is -2.09. The van der Waals surface area contributed by atoms with Gasteiger partial charge in [-0.1, -0.05) is 23.9 Å². The van der Waals surface area contributed by atoms with Crippen molar-refractivity contribution in [2.75, 3.05) is 23.5 Å². The molecule has 0 unspecified atom stereocenters. The second-order valence-corrected chi connectivity index (χ2v) is 7.54. The molecule has 3 rings (SSSR count). The van der Waals surface area contributed by atoms with Gasteiger partial charge in [0.1, 0.15) is 17.4 Å². The molecule has 0 saturated heterocycles. The van der Waals surface area contributed by atoms with E-state index >= 15 is 0 Å². The summed E-state index contributed by atoms with van der Waals surface area (Å²) in [5, 5.41) is 14.2. The van der Waals surface area contributed by atoms with E-state index in [1.165, 1.54) is 36.0 Å². The highest BCUT2D eigenvalue weighted by atomic mass is 32.2. The van der Waals surface area contributed by atoms with E-state index in [0.717, 1.165) is 0 Å². The number of carbonyl (C=O) groups is 2. The highest BCUT2D eigenvalue weighted by Crippen LogP contribution is 2.20. The number of nitrogens with zero attached hydrogens (tertiary/aromatic N) is 3. The van der Waals surface area contributed by atoms with E-state index < -0.39 is 0 Å². The lowest BCUT2D eigenvalue weighted by Crippen LogP contribution is -2.18. The Balaban J connectivity index is 1.60. The number of carbonyl (C=O) groups excluding carboxylic acids is 2. The van der Waals surface area contributed by atoms with Crippen LogP contribution in [0.15, 0.2) is 66.3 Å². The molecule has 0 bridgehead atoms. The zero-order valence-electron chi connectivity index (χ0n) is 17.4. The van der Waals surface area contributed by atoms with Crippen LogP contribution in [0.1, 0.15) is 5.82 Å². The zero-order valence-corrected chi connectivity index (χ0v) is 18.2. The van der Waals surface area contributed by atoms with Gasteiger partial charge in [0.05, 0.1) is 19.3 Å². The van der Waals surface area contributed by atoms with Crippen LogP contribution in [0.4, 0.5) is 15.8 Å². The van der Waals surface area contributed by atoms with Crippen molar-refractivity contribution in [3.8, 4) is 5.75 Å². The highest BCUT2D eigenvalue weighted by Gasteiger charge is 2.16. The van der Waals surface area contributed by atoms with Crippen LogP contribution in [0.3, 0.4) is 0 Å². The van der Waals surface area contributed by atoms with E-state index in [0.29, 0.717) is 34.6 Å². The lowest BCUT2D eigenvalue weighted by molar-refractivity contribution is -0.116. The molecule has 1 aromatic heterocycles. The summed E-state index contributed by atoms with van der Waals surface area (Å²) in [6, 6.07) is 12.5. The first-order chi connectivity index (χ1) is 15.5. The Hall–Kier alpha value is -3.66. The number of hydrogen-bond acceptors (Lipinski definition) is 6. The average molecular weight is 456 g/mol. The molecular formula is C22H22FN5O3S. The number of nitrogens with one attached hydrogen (secondary N) is 2. The molecule has 0 aliphatic carbocycles. The molecule has 0 saturated carbocycles. The smallest absolute Gasteiger partial charge is 0.234 e. The van der Waals surface area contributed by atoms with E-state index in [1.807, 2.05) is 0 Å². The van der Waals surface area contributed by atoms with Gasteiger partial charge < -0.3 is 19.9 Å². The fourth-order valence-corrected chi connectivity index (χ4v) is 3.55. The van der Waals surface area contributed by atoms with Gasteiger partial charge >= 0.3 is 0 Å². The summed E-state index contributed by atoms with van der Waals surface area (Å²) in [7, 11) is 1.56. The number of thioether (sulfide) groups is 1. The maximum absolute atomic E-state index is 13.0. The average Bonchev–Trinajstić information content (AvgIpc) is 3.15. The molecule has 0 atom stereocenters. The molecule has 0 fully saturated rings. The minimum atomic E-state index is -0.383. The van der Waals surface area contributed by atoms with Crippen LogP contribution < -0.4 is 15.4 Å². The van der Waals surface area contributed by atoms with Gasteiger partial charge in [0.2, 0.25) is 11.8 Å². The molecule has 2 N–H and O–H groups in total. The maximum Gasteiger partial charge on any atom is 0.234 e. The number of amides is 2. The summed E-state index contributed by atoms with van der Waals surface area (Å²) >= 11 is 1.20. The molecule has 3 aromatic rings. The fraction of sp³-hybridized carbons (Fsp3) is 0.182. The number of hydrogen-bond donors (Lipinski definition) is 2. The summed E-state index contributed by atoms with van der Waals surface area (Å²) in [5.41, 5.74) is 1.11. The maximum atomic E-state index is 13.0. The summed E-state index contributed by atoms with van der Waals surface area (Å²) < 4.78 is 19.9. The van der Waals surface area contributed by atoms with Gasteiger partial charge in [-0.15, -0.1) is 16.8 Å². The van der Waals surface area contributed by atoms with Crippen LogP contribution in [0.25, 0.3) is 0 Å². The molecule has 0 radical (unpaired) electrons. The number of methoxy groups -OCH3 is 1. The number of benzene rings is 2. The number of anilines is 2. The monoisotopic (exact) mass is 455 g/mol. The van der Waals surface area contributed by atoms with Crippen molar-refractivity contribution < 1.29 is 18.7 Å². The highest BCUT2D eigenvalue weighted by molar-refractivity contribution is 7.99. The van der Waals surface area contributed by atoms with Crippen LogP contribution in [0.5, 0.6) is 5.75 Å². The molecule has 32 heavy (non-hydrogen) atoms. The van der Waals surface area contributed by atoms with Crippen LogP contribution in [-0.4, -0.2) is 39.4 Å². The van der Waals surface area contributed by atoms with E-state index in [9.17, 15) is 14.0 Å². The summed E-state index contributed by atoms with van der Waals surface area (Å²) in [6.07, 6.45) is 1.62. The van der Waals surface area contributed by atoms with Crippen LogP contribution >= 0.6 is 11.8 Å². The SMILES string of the molecule is C=CCn1c(CC(=O)Nc2ccc(F)cc2)nnc1SCC(=O)Nc1cccc(OC)c1. The van der Waals surface area contributed by atoms with Gasteiger partial charge in [0.15, 0.2) is 5.16 Å². The largest absolute Gasteiger partial charge is 0.497 e. The van der Waals surface area contributed by atoms with Crippen LogP contribution in [0.2, 0.25) is 0 Å². The minimum absolute atomic E-state index is 0.0330. The third kappa shape index (κ3) is 6.42. The van der Waals surface area contributed by atoms with E-state index in [-0.39, 0.29) is 29.8 Å². The summed E-state index contributed by atoms with van der Waals surface area (Å²) in [6.45, 7) is 4.11. The molecule has 0 aliphatic rings. The lowest BCUT2D eigenvalue weighted by atomic mass is 10.3. The van der Waals surface area contributed by atoms with Crippen molar-refractivity contribution in [3.63, 3.8) is 0 Å². The zero-order chi connectivity index (χ0) is 22.9. The predicted octanol–water partition coefficient (Wildman–Crippen LogP) is 3.52. The van der Waals surface area contributed by atoms with E-state index in [1.54, 1.807) is 42.0 Å². The van der Waals surface area contributed by atoms with Gasteiger partial charge in [-0.25, -0.2) is 4.39 Å². The van der Waals surface area contributed by atoms with Gasteiger partial charge in [-0.2, -0.15) is 0 Å². The first-order valence-corrected chi connectivity index (χ1v) is 10.6. The first kappa shape index (κ1) is 23.0. The van der Waals surface area contributed by atoms with Crippen molar-refractivity contribution in [2.24, 2.45) is 0 Å². The molecule has 2 aromatic carbocycles. The van der Waals surface area contributed by atoms with Crippen LogP contribution in [-0.2, 0) is 22.6 Å². The van der Waals surface area contributed by atoms with E-state index in [2.05, 4.69) is 27.4 Å². The first-order valence-electron chi connectivity index (χ1n) is 9.63. The van der Waals surface area contributed by atoms with E-state index in [4.69, 9.17) is 4.74 Å². The predicted molar refractivity (Wildman–Crippen MR) is 121 cm³/mol. The van der Waals surface area contributed by atoms with Gasteiger partial charge in [0, 0.05) is 24.0 Å². The normalized spacial score (nSPS) is 10.4. The Bertz CT molecular complexity index is 1100. The molecule has 10 heteroatoms. The standard InChI is InChI=1S/C22H22FN5O3S/c1-3-11-28-19(13-20(29)24-16-9-7-15(23)8-10-16)26-27-22(28)32-14-21(30)25-17-5-4-6-18(12-17)31-2/h3-10,12H,1,11,13-14H2,2H3,(H,24,29)(H,25,30). The van der Waals surface area contributed by atoms with Crippen molar-refractivity contribution >= 4 is 35.0 Å². The quantitative estimate of drug-likeness (QED) is 0.359. The Kier molecular flexibility index (Phi) is 7.98. The summed E-state index contributed by atoms with van der Waals surface area (Å²) in [4.78, 5) is 24.7. The summed E-state index contributed by atoms with van der Waals surface area (Å²) in [5.74, 6) is 0.262. The molecule has 0 aliphatic heterocycles. The molecule has 166 valence electrons. The topological polar surface area (TPSA) is 98.1 Å². The van der Waals surface area contributed by atoms with Crippen molar-refractivity contribution in [2.45, 2.75) is 18.1 Å². The molecule has 0 spiro atoms. The Morgan fingerprint density at radius 3 is 2.59 bits per heavy atom. The second-order valence-electron chi connectivity index (χ2n) is 6.60. The second kappa shape index (κ2) is 11.1. The fourth-order valence-electron chi connectivity index (χ4n) is 2.78. The van der Waals surface area contributed by atoms with Crippen LogP contribution in [0, 0.1) is 5.82 Å². The Labute approximate surface area is 188 Å². The number of aromatic nitrogens is 3. The third-order valence-corrected chi connectivity index (χ3v) is 5.20. The Morgan fingerprint density at radius 2 is 1.88 bits per heavy atom. The number of halogens is 1. The van der Waals surface area contributed by atoms with Crippen molar-refractivity contribution in [3.05, 3.63) is 72.8 Å². The molecule has 8 nitrogen and oxygen atoms in total. The number of rotatable bonds is 10. The number of allylic oxidation sites excluding steroid dienone is 1. The molecule has 1 heterocycles. The Morgan fingerprint density at radius 1 is 1.12 bits per heavy atom. The minimum Gasteiger partial charge on any atom is -0.497 e. The van der Waals surface area contributed by atoms with Gasteiger partial charge in [-0.3, -0.25) is 9.59 Å².